The molecule has 110 valence electrons. The monoisotopic (exact) mass is 309 g/mol. The fourth-order valence-corrected chi connectivity index (χ4v) is 1.70. The predicted octanol–water partition coefficient (Wildman–Crippen LogP) is 2.58. The van der Waals surface area contributed by atoms with Crippen LogP contribution < -0.4 is 5.32 Å². The third-order valence-electron chi connectivity index (χ3n) is 2.53. The fraction of sp³-hybridized carbons (Fsp3) is 0.333. The molecular formula is C12H11ClF3NO3. The molecule has 1 aromatic rings. The Kier molecular flexibility index (Phi) is 5.38. The van der Waals surface area contributed by atoms with E-state index in [2.05, 4.69) is 0 Å². The van der Waals surface area contributed by atoms with Crippen molar-refractivity contribution in [3.63, 3.8) is 0 Å². The first kappa shape index (κ1) is 16.3. The van der Waals surface area contributed by atoms with E-state index in [1.165, 1.54) is 24.3 Å². The molecular weight excluding hydrogens is 299 g/mol. The van der Waals surface area contributed by atoms with Crippen molar-refractivity contribution in [1.82, 2.24) is 5.32 Å². The lowest BCUT2D eigenvalue weighted by atomic mass is 9.95. The molecule has 0 saturated heterocycles. The molecule has 0 heterocycles. The molecule has 1 aromatic carbocycles. The summed E-state index contributed by atoms with van der Waals surface area (Å²) in [5.41, 5.74) is 0.485. The number of rotatable bonds is 5. The molecule has 2 N–H and O–H groups in total. The van der Waals surface area contributed by atoms with E-state index in [0.717, 1.165) is 0 Å². The molecule has 1 atom stereocenters. The number of nitrogens with one attached hydrogen (secondary N) is 1. The first-order chi connectivity index (χ1) is 9.20. The summed E-state index contributed by atoms with van der Waals surface area (Å²) in [5.74, 6) is -4.04. The Balaban J connectivity index is 2.77. The average molecular weight is 310 g/mol. The molecule has 0 spiro atoms. The first-order valence-corrected chi connectivity index (χ1v) is 5.90. The fourth-order valence-electron chi connectivity index (χ4n) is 1.57. The normalized spacial score (nSPS) is 12.8. The summed E-state index contributed by atoms with van der Waals surface area (Å²) in [7, 11) is 0. The Morgan fingerprint density at radius 3 is 2.25 bits per heavy atom. The number of aliphatic carboxylic acids is 1. The Morgan fingerprint density at radius 2 is 1.80 bits per heavy atom. The van der Waals surface area contributed by atoms with Crippen LogP contribution in [0.2, 0.25) is 5.02 Å². The zero-order chi connectivity index (χ0) is 15.3. The molecule has 0 fully saturated rings. The topological polar surface area (TPSA) is 66.4 Å². The van der Waals surface area contributed by atoms with Crippen LogP contribution in [0.1, 0.15) is 17.9 Å². The summed E-state index contributed by atoms with van der Waals surface area (Å²) in [6, 6.07) is 6.01. The van der Waals surface area contributed by atoms with Crippen LogP contribution in [0.15, 0.2) is 24.3 Å². The van der Waals surface area contributed by atoms with Crippen molar-refractivity contribution in [2.75, 3.05) is 6.54 Å². The minimum atomic E-state index is -4.99. The van der Waals surface area contributed by atoms with Crippen molar-refractivity contribution >= 4 is 23.5 Å². The molecule has 0 aliphatic carbocycles. The Morgan fingerprint density at radius 1 is 1.25 bits per heavy atom. The Bertz CT molecular complexity index is 488. The molecule has 0 aromatic heterocycles. The molecule has 0 saturated carbocycles. The molecule has 0 bridgehead atoms. The maximum atomic E-state index is 12.1. The van der Waals surface area contributed by atoms with Gasteiger partial charge >= 0.3 is 18.1 Å². The second kappa shape index (κ2) is 6.60. The number of hydrogen-bond donors (Lipinski definition) is 2. The number of carbonyl (C=O) groups is 2. The van der Waals surface area contributed by atoms with Gasteiger partial charge in [-0.05, 0) is 17.7 Å². The van der Waals surface area contributed by atoms with Crippen LogP contribution in [-0.2, 0) is 9.59 Å². The standard InChI is InChI=1S/C12H11ClF3NO3/c13-9-3-1-7(2-4-9)8(5-10(18)19)6-17-11(20)12(14,15)16/h1-4,8H,5-6H2,(H,17,20)(H,18,19). The summed E-state index contributed by atoms with van der Waals surface area (Å²) in [5, 5.41) is 10.9. The number of carboxylic acids is 1. The number of alkyl halides is 3. The highest BCUT2D eigenvalue weighted by atomic mass is 35.5. The summed E-state index contributed by atoms with van der Waals surface area (Å²) < 4.78 is 36.2. The predicted molar refractivity (Wildman–Crippen MR) is 65.5 cm³/mol. The molecule has 0 radical (unpaired) electrons. The zero-order valence-electron chi connectivity index (χ0n) is 10.1. The number of benzene rings is 1. The molecule has 20 heavy (non-hydrogen) atoms. The molecule has 1 amide bonds. The number of carbonyl (C=O) groups excluding carboxylic acids is 1. The highest BCUT2D eigenvalue weighted by Crippen LogP contribution is 2.22. The third-order valence-corrected chi connectivity index (χ3v) is 2.78. The van der Waals surface area contributed by atoms with Gasteiger partial charge in [0.25, 0.3) is 0 Å². The highest BCUT2D eigenvalue weighted by molar-refractivity contribution is 6.30. The second-order valence-electron chi connectivity index (χ2n) is 4.05. The summed E-state index contributed by atoms with van der Waals surface area (Å²) in [4.78, 5) is 21.5. The van der Waals surface area contributed by atoms with Gasteiger partial charge in [-0.2, -0.15) is 13.2 Å². The molecule has 1 rings (SSSR count). The minimum Gasteiger partial charge on any atom is -0.481 e. The quantitative estimate of drug-likeness (QED) is 0.878. The maximum Gasteiger partial charge on any atom is 0.471 e. The van der Waals surface area contributed by atoms with Crippen LogP contribution in [0.5, 0.6) is 0 Å². The van der Waals surface area contributed by atoms with Crippen molar-refractivity contribution in [2.45, 2.75) is 18.5 Å². The van der Waals surface area contributed by atoms with E-state index < -0.39 is 36.9 Å². The lowest BCUT2D eigenvalue weighted by molar-refractivity contribution is -0.173. The second-order valence-corrected chi connectivity index (χ2v) is 4.49. The van der Waals surface area contributed by atoms with E-state index in [0.29, 0.717) is 10.6 Å². The van der Waals surface area contributed by atoms with E-state index >= 15 is 0 Å². The SMILES string of the molecule is O=C(O)CC(CNC(=O)C(F)(F)F)c1ccc(Cl)cc1. The number of hydrogen-bond acceptors (Lipinski definition) is 2. The van der Waals surface area contributed by atoms with Crippen molar-refractivity contribution < 1.29 is 27.9 Å². The van der Waals surface area contributed by atoms with Gasteiger partial charge in [-0.25, -0.2) is 0 Å². The first-order valence-electron chi connectivity index (χ1n) is 5.52. The zero-order valence-corrected chi connectivity index (χ0v) is 10.8. The molecule has 1 unspecified atom stereocenters. The largest absolute Gasteiger partial charge is 0.481 e. The van der Waals surface area contributed by atoms with Crippen molar-refractivity contribution in [3.05, 3.63) is 34.9 Å². The lowest BCUT2D eigenvalue weighted by Crippen LogP contribution is -2.39. The van der Waals surface area contributed by atoms with Crippen LogP contribution in [0, 0.1) is 0 Å². The highest BCUT2D eigenvalue weighted by Gasteiger charge is 2.38. The summed E-state index contributed by atoms with van der Waals surface area (Å²) in [6.07, 6.45) is -5.40. The van der Waals surface area contributed by atoms with E-state index in [-0.39, 0.29) is 0 Å². The molecule has 0 aliphatic rings. The van der Waals surface area contributed by atoms with E-state index in [9.17, 15) is 22.8 Å². The molecule has 4 nitrogen and oxygen atoms in total. The van der Waals surface area contributed by atoms with Crippen LogP contribution in [0.25, 0.3) is 0 Å². The van der Waals surface area contributed by atoms with Gasteiger partial charge in [-0.1, -0.05) is 23.7 Å². The van der Waals surface area contributed by atoms with Crippen LogP contribution in [-0.4, -0.2) is 29.7 Å². The average Bonchev–Trinajstić information content (AvgIpc) is 2.33. The third kappa shape index (κ3) is 5.08. The van der Waals surface area contributed by atoms with E-state index in [1.54, 1.807) is 5.32 Å². The van der Waals surface area contributed by atoms with Gasteiger partial charge in [0.05, 0.1) is 6.42 Å². The maximum absolute atomic E-state index is 12.1. The molecule has 8 heteroatoms. The smallest absolute Gasteiger partial charge is 0.471 e. The van der Waals surface area contributed by atoms with Gasteiger partial charge in [0, 0.05) is 17.5 Å². The van der Waals surface area contributed by atoms with Crippen molar-refractivity contribution in [3.8, 4) is 0 Å². The van der Waals surface area contributed by atoms with Gasteiger partial charge in [-0.15, -0.1) is 0 Å². The van der Waals surface area contributed by atoms with Crippen LogP contribution in [0.4, 0.5) is 13.2 Å². The van der Waals surface area contributed by atoms with E-state index in [4.69, 9.17) is 16.7 Å². The number of carboxylic acid groups (broad SMARTS) is 1. The number of amides is 1. The molecule has 0 aliphatic heterocycles. The van der Waals surface area contributed by atoms with Gasteiger partial charge in [0.2, 0.25) is 0 Å². The van der Waals surface area contributed by atoms with E-state index in [1.807, 2.05) is 0 Å². The lowest BCUT2D eigenvalue weighted by Gasteiger charge is -2.17. The summed E-state index contributed by atoms with van der Waals surface area (Å²) in [6.45, 7) is -0.424. The minimum absolute atomic E-state index is 0.403. The van der Waals surface area contributed by atoms with Crippen molar-refractivity contribution in [1.29, 1.82) is 0 Å². The Hall–Kier alpha value is -1.76. The van der Waals surface area contributed by atoms with Gasteiger partial charge in [0.1, 0.15) is 0 Å². The summed E-state index contributed by atoms with van der Waals surface area (Å²) >= 11 is 5.67. The van der Waals surface area contributed by atoms with Crippen LogP contribution >= 0.6 is 11.6 Å². The van der Waals surface area contributed by atoms with Crippen molar-refractivity contribution in [2.24, 2.45) is 0 Å². The van der Waals surface area contributed by atoms with Crippen LogP contribution in [0.3, 0.4) is 0 Å². The van der Waals surface area contributed by atoms with Gasteiger partial charge < -0.3 is 10.4 Å². The Labute approximate surface area is 117 Å². The van der Waals surface area contributed by atoms with Gasteiger partial charge in [0.15, 0.2) is 0 Å². The number of halogens is 4. The van der Waals surface area contributed by atoms with Gasteiger partial charge in [-0.3, -0.25) is 9.59 Å².